The van der Waals surface area contributed by atoms with Gasteiger partial charge in [0, 0.05) is 50.9 Å². The summed E-state index contributed by atoms with van der Waals surface area (Å²) in [7, 11) is 1.64. The Labute approximate surface area is 225 Å². The SMILES string of the molecule is COc1cccc(COc2ccc(-c3cc(CN4CCN(Cc5ccc(C(F)(F)F)cc5)CC4)no3)cc2)c1. The molecule has 2 heterocycles. The van der Waals surface area contributed by atoms with Gasteiger partial charge in [-0.15, -0.1) is 0 Å². The number of aromatic nitrogens is 1. The van der Waals surface area contributed by atoms with Crippen molar-refractivity contribution in [3.8, 4) is 22.8 Å². The normalized spacial score (nSPS) is 14.9. The number of methoxy groups -OCH3 is 1. The molecule has 1 aromatic heterocycles. The summed E-state index contributed by atoms with van der Waals surface area (Å²) >= 11 is 0. The van der Waals surface area contributed by atoms with Gasteiger partial charge in [-0.2, -0.15) is 13.2 Å². The van der Waals surface area contributed by atoms with Gasteiger partial charge in [0.15, 0.2) is 5.76 Å². The van der Waals surface area contributed by atoms with E-state index in [9.17, 15) is 13.2 Å². The first-order chi connectivity index (χ1) is 18.9. The molecule has 4 aromatic rings. The van der Waals surface area contributed by atoms with Crippen molar-refractivity contribution < 1.29 is 27.2 Å². The molecule has 0 bridgehead atoms. The van der Waals surface area contributed by atoms with Crippen LogP contribution in [0.1, 0.15) is 22.4 Å². The number of halogens is 3. The minimum Gasteiger partial charge on any atom is -0.497 e. The second-order valence-electron chi connectivity index (χ2n) is 9.59. The van der Waals surface area contributed by atoms with E-state index in [0.717, 1.165) is 72.2 Å². The zero-order valence-corrected chi connectivity index (χ0v) is 21.7. The maximum atomic E-state index is 12.8. The zero-order valence-electron chi connectivity index (χ0n) is 21.7. The van der Waals surface area contributed by atoms with Gasteiger partial charge in [0.25, 0.3) is 0 Å². The van der Waals surface area contributed by atoms with Crippen molar-refractivity contribution in [2.45, 2.75) is 25.9 Å². The summed E-state index contributed by atoms with van der Waals surface area (Å²) in [5.41, 5.74) is 3.08. The number of benzene rings is 3. The second kappa shape index (κ2) is 11.9. The van der Waals surface area contributed by atoms with E-state index >= 15 is 0 Å². The molecule has 0 N–H and O–H groups in total. The highest BCUT2D eigenvalue weighted by Gasteiger charge is 2.30. The van der Waals surface area contributed by atoms with Crippen LogP contribution in [0.4, 0.5) is 13.2 Å². The Bertz CT molecular complexity index is 1350. The molecule has 1 fully saturated rings. The molecule has 0 saturated carbocycles. The summed E-state index contributed by atoms with van der Waals surface area (Å²) in [5.74, 6) is 2.26. The number of ether oxygens (including phenoxy) is 2. The van der Waals surface area contributed by atoms with E-state index in [-0.39, 0.29) is 0 Å². The molecule has 0 atom stereocenters. The predicted molar refractivity (Wildman–Crippen MR) is 141 cm³/mol. The summed E-state index contributed by atoms with van der Waals surface area (Å²) < 4.78 is 55.1. The molecule has 1 aliphatic heterocycles. The van der Waals surface area contributed by atoms with Crippen LogP contribution in [0.3, 0.4) is 0 Å². The molecule has 1 saturated heterocycles. The van der Waals surface area contributed by atoms with Crippen LogP contribution in [0.15, 0.2) is 83.4 Å². The van der Waals surface area contributed by atoms with E-state index in [2.05, 4.69) is 15.0 Å². The van der Waals surface area contributed by atoms with Gasteiger partial charge in [-0.3, -0.25) is 9.80 Å². The summed E-state index contributed by atoms with van der Waals surface area (Å²) in [6, 6.07) is 22.9. The fraction of sp³-hybridized carbons (Fsp3) is 0.300. The Morgan fingerprint density at radius 2 is 1.49 bits per heavy atom. The Hall–Kier alpha value is -3.82. The first-order valence-corrected chi connectivity index (χ1v) is 12.8. The largest absolute Gasteiger partial charge is 0.497 e. The Morgan fingerprint density at radius 3 is 2.15 bits per heavy atom. The second-order valence-corrected chi connectivity index (χ2v) is 9.59. The Morgan fingerprint density at radius 1 is 0.795 bits per heavy atom. The lowest BCUT2D eigenvalue weighted by molar-refractivity contribution is -0.137. The first kappa shape index (κ1) is 26.8. The summed E-state index contributed by atoms with van der Waals surface area (Å²) in [4.78, 5) is 4.56. The summed E-state index contributed by atoms with van der Waals surface area (Å²) in [6.45, 7) is 5.13. The fourth-order valence-electron chi connectivity index (χ4n) is 4.56. The minimum atomic E-state index is -4.30. The lowest BCUT2D eigenvalue weighted by Gasteiger charge is -2.34. The molecule has 0 radical (unpaired) electrons. The van der Waals surface area contributed by atoms with Crippen molar-refractivity contribution in [2.75, 3.05) is 33.3 Å². The highest BCUT2D eigenvalue weighted by Crippen LogP contribution is 2.29. The molecule has 204 valence electrons. The van der Waals surface area contributed by atoms with E-state index in [1.54, 1.807) is 19.2 Å². The molecular weight excluding hydrogens is 507 g/mol. The number of rotatable bonds is 9. The van der Waals surface area contributed by atoms with Crippen LogP contribution in [0.2, 0.25) is 0 Å². The lowest BCUT2D eigenvalue weighted by atomic mass is 10.1. The van der Waals surface area contributed by atoms with Gasteiger partial charge in [0.2, 0.25) is 0 Å². The molecule has 9 heteroatoms. The van der Waals surface area contributed by atoms with Gasteiger partial charge < -0.3 is 14.0 Å². The van der Waals surface area contributed by atoms with Crippen molar-refractivity contribution in [3.05, 3.63) is 101 Å². The molecule has 3 aromatic carbocycles. The average Bonchev–Trinajstić information content (AvgIpc) is 3.41. The Balaban J connectivity index is 1.08. The zero-order chi connectivity index (χ0) is 27.2. The quantitative estimate of drug-likeness (QED) is 0.251. The molecule has 0 spiro atoms. The van der Waals surface area contributed by atoms with Crippen molar-refractivity contribution >= 4 is 0 Å². The molecule has 0 amide bonds. The smallest absolute Gasteiger partial charge is 0.416 e. The van der Waals surface area contributed by atoms with E-state index in [0.29, 0.717) is 25.5 Å². The van der Waals surface area contributed by atoms with Gasteiger partial charge >= 0.3 is 6.18 Å². The minimum absolute atomic E-state index is 0.445. The van der Waals surface area contributed by atoms with E-state index < -0.39 is 11.7 Å². The van der Waals surface area contributed by atoms with Gasteiger partial charge in [-0.1, -0.05) is 29.4 Å². The monoisotopic (exact) mass is 537 g/mol. The standard InChI is InChI=1S/C30H30F3N3O3/c1-37-28-4-2-3-23(17-28)21-38-27-11-7-24(8-12-27)29-18-26(34-39-29)20-36-15-13-35(14-16-36)19-22-5-9-25(10-6-22)30(31,32)33/h2-12,17-18H,13-16,19-21H2,1H3. The third-order valence-corrected chi connectivity index (χ3v) is 6.78. The molecule has 39 heavy (non-hydrogen) atoms. The van der Waals surface area contributed by atoms with Crippen molar-refractivity contribution in [3.63, 3.8) is 0 Å². The van der Waals surface area contributed by atoms with Crippen LogP contribution in [-0.2, 0) is 25.9 Å². The van der Waals surface area contributed by atoms with Crippen LogP contribution in [-0.4, -0.2) is 48.2 Å². The van der Waals surface area contributed by atoms with Crippen LogP contribution >= 0.6 is 0 Å². The maximum Gasteiger partial charge on any atom is 0.416 e. The van der Waals surface area contributed by atoms with E-state index in [1.807, 2.05) is 54.6 Å². The third-order valence-electron chi connectivity index (χ3n) is 6.78. The third kappa shape index (κ3) is 7.19. The molecule has 5 rings (SSSR count). The van der Waals surface area contributed by atoms with Crippen molar-refractivity contribution in [1.82, 2.24) is 15.0 Å². The molecule has 6 nitrogen and oxygen atoms in total. The summed E-state index contributed by atoms with van der Waals surface area (Å²) in [5, 5.41) is 4.25. The molecule has 0 aliphatic carbocycles. The van der Waals surface area contributed by atoms with E-state index in [4.69, 9.17) is 14.0 Å². The number of hydrogen-bond acceptors (Lipinski definition) is 6. The van der Waals surface area contributed by atoms with Gasteiger partial charge in [0.05, 0.1) is 18.4 Å². The first-order valence-electron chi connectivity index (χ1n) is 12.8. The van der Waals surface area contributed by atoms with Crippen LogP contribution < -0.4 is 9.47 Å². The van der Waals surface area contributed by atoms with Gasteiger partial charge in [-0.25, -0.2) is 0 Å². The number of nitrogens with zero attached hydrogens (tertiary/aromatic N) is 3. The highest BCUT2D eigenvalue weighted by molar-refractivity contribution is 5.58. The number of hydrogen-bond donors (Lipinski definition) is 0. The Kier molecular flexibility index (Phi) is 8.18. The van der Waals surface area contributed by atoms with Crippen LogP contribution in [0.25, 0.3) is 11.3 Å². The molecule has 1 aliphatic rings. The van der Waals surface area contributed by atoms with Crippen molar-refractivity contribution in [1.29, 1.82) is 0 Å². The van der Waals surface area contributed by atoms with Crippen LogP contribution in [0.5, 0.6) is 11.5 Å². The average molecular weight is 538 g/mol. The number of piperazine rings is 1. The van der Waals surface area contributed by atoms with Gasteiger partial charge in [0.1, 0.15) is 18.1 Å². The summed E-state index contributed by atoms with van der Waals surface area (Å²) in [6.07, 6.45) is -4.30. The predicted octanol–water partition coefficient (Wildman–Crippen LogP) is 6.27. The fourth-order valence-corrected chi connectivity index (χ4v) is 4.56. The van der Waals surface area contributed by atoms with Crippen LogP contribution in [0, 0.1) is 0 Å². The van der Waals surface area contributed by atoms with Crippen molar-refractivity contribution in [2.24, 2.45) is 0 Å². The lowest BCUT2D eigenvalue weighted by Crippen LogP contribution is -2.45. The molecular formula is C30H30F3N3O3. The number of alkyl halides is 3. The highest BCUT2D eigenvalue weighted by atomic mass is 19.4. The van der Waals surface area contributed by atoms with E-state index in [1.165, 1.54) is 0 Å². The van der Waals surface area contributed by atoms with Gasteiger partial charge in [-0.05, 0) is 59.7 Å². The maximum absolute atomic E-state index is 12.8. The molecule has 0 unspecified atom stereocenters. The topological polar surface area (TPSA) is 51.0 Å².